The molecule has 2 heterocycles. The molecule has 0 unspecified atom stereocenters. The molecule has 0 saturated heterocycles. The molecular weight excluding hydrogens is 549 g/mol. The highest BCUT2D eigenvalue weighted by molar-refractivity contribution is 6.02. The van der Waals surface area contributed by atoms with Crippen molar-refractivity contribution in [3.8, 4) is 5.75 Å². The van der Waals surface area contributed by atoms with Gasteiger partial charge in [-0.25, -0.2) is 30.7 Å². The van der Waals surface area contributed by atoms with Crippen LogP contribution in [0.25, 0.3) is 0 Å². The molecule has 0 bridgehead atoms. The maximum Gasteiger partial charge on any atom is 0.291 e. The van der Waals surface area contributed by atoms with Gasteiger partial charge < -0.3 is 14.5 Å². The Morgan fingerprint density at radius 3 is 2.03 bits per heavy atom. The second-order valence-corrected chi connectivity index (χ2v) is 8.06. The molecule has 2 aromatic heterocycles. The zero-order valence-electron chi connectivity index (χ0n) is 19.7. The lowest BCUT2D eigenvalue weighted by Gasteiger charge is -2.10. The van der Waals surface area contributed by atoms with Crippen LogP contribution in [0.2, 0.25) is 0 Å². The first-order chi connectivity index (χ1) is 18.3. The van der Waals surface area contributed by atoms with Crippen LogP contribution in [0.4, 0.5) is 45.2 Å². The molecule has 0 aliphatic carbocycles. The third-order valence-electron chi connectivity index (χ3n) is 5.54. The molecule has 0 aliphatic heterocycles. The van der Waals surface area contributed by atoms with E-state index >= 15 is 0 Å². The molecule has 6 nitrogen and oxygen atoms in total. The number of aryl methyl sites for hydroxylation is 1. The van der Waals surface area contributed by atoms with E-state index in [0.717, 1.165) is 10.7 Å². The SMILES string of the molecule is Cc1nn(Cc2c(F)c(F)c(F)c(F)c2F)c(C)c1NC(=O)c1ccc(COc2c(F)c(F)cc(F)c2F)o1. The van der Waals surface area contributed by atoms with Crippen LogP contribution >= 0.6 is 0 Å². The van der Waals surface area contributed by atoms with E-state index in [1.54, 1.807) is 0 Å². The van der Waals surface area contributed by atoms with Crippen LogP contribution in [0.15, 0.2) is 22.6 Å². The summed E-state index contributed by atoms with van der Waals surface area (Å²) in [6, 6.07) is 2.31. The van der Waals surface area contributed by atoms with Gasteiger partial charge in [-0.1, -0.05) is 0 Å². The second kappa shape index (κ2) is 10.4. The summed E-state index contributed by atoms with van der Waals surface area (Å²) >= 11 is 0. The van der Waals surface area contributed by atoms with Crippen molar-refractivity contribution < 1.29 is 53.5 Å². The highest BCUT2D eigenvalue weighted by Gasteiger charge is 2.27. The van der Waals surface area contributed by atoms with Gasteiger partial charge in [0.1, 0.15) is 12.4 Å². The van der Waals surface area contributed by atoms with E-state index in [4.69, 9.17) is 9.15 Å². The van der Waals surface area contributed by atoms with Crippen molar-refractivity contribution >= 4 is 11.6 Å². The fraction of sp³-hybridized carbons (Fsp3) is 0.167. The minimum Gasteiger partial charge on any atom is -0.479 e. The number of carbonyl (C=O) groups is 1. The standard InChI is InChI=1S/C24H14F9N3O3/c1-8-22(9(2)36(35-8)6-11-15(27)19(31)21(33)20(32)16(11)28)34-24(37)14-4-3-10(39-14)7-38-23-17(29)12(25)5-13(26)18(23)30/h3-5H,6-7H2,1-2H3,(H,34,37). The van der Waals surface area contributed by atoms with Crippen molar-refractivity contribution in [2.45, 2.75) is 27.0 Å². The summed E-state index contributed by atoms with van der Waals surface area (Å²) in [5.74, 6) is -20.3. The zero-order chi connectivity index (χ0) is 28.8. The molecule has 0 spiro atoms. The third kappa shape index (κ3) is 5.03. The van der Waals surface area contributed by atoms with E-state index in [-0.39, 0.29) is 34.7 Å². The minimum absolute atomic E-state index is 0.00218. The van der Waals surface area contributed by atoms with Gasteiger partial charge in [0.05, 0.1) is 29.2 Å². The van der Waals surface area contributed by atoms with Crippen LogP contribution in [0, 0.1) is 66.2 Å². The van der Waals surface area contributed by atoms with Gasteiger partial charge in [-0.3, -0.25) is 9.48 Å². The normalized spacial score (nSPS) is 11.3. The molecule has 39 heavy (non-hydrogen) atoms. The number of hydrogen-bond donors (Lipinski definition) is 1. The molecule has 4 aromatic rings. The predicted molar refractivity (Wildman–Crippen MR) is 114 cm³/mol. The molecule has 0 fully saturated rings. The van der Waals surface area contributed by atoms with E-state index in [9.17, 15) is 44.3 Å². The van der Waals surface area contributed by atoms with Crippen molar-refractivity contribution in [2.24, 2.45) is 0 Å². The van der Waals surface area contributed by atoms with E-state index in [0.29, 0.717) is 0 Å². The van der Waals surface area contributed by atoms with Gasteiger partial charge in [0.15, 0.2) is 46.4 Å². The number of furan rings is 1. The van der Waals surface area contributed by atoms with Crippen LogP contribution in [-0.4, -0.2) is 15.7 Å². The van der Waals surface area contributed by atoms with Crippen LogP contribution in [0.3, 0.4) is 0 Å². The molecule has 206 valence electrons. The Kier molecular flexibility index (Phi) is 7.35. The van der Waals surface area contributed by atoms with Gasteiger partial charge in [-0.05, 0) is 26.0 Å². The first-order valence-electron chi connectivity index (χ1n) is 10.7. The van der Waals surface area contributed by atoms with Crippen molar-refractivity contribution in [1.29, 1.82) is 0 Å². The molecule has 4 rings (SSSR count). The summed E-state index contributed by atoms with van der Waals surface area (Å²) < 4.78 is 134. The summed E-state index contributed by atoms with van der Waals surface area (Å²) in [4.78, 5) is 12.6. The van der Waals surface area contributed by atoms with Crippen LogP contribution in [0.5, 0.6) is 5.75 Å². The highest BCUT2D eigenvalue weighted by atomic mass is 19.2. The number of anilines is 1. The fourth-order valence-electron chi connectivity index (χ4n) is 3.54. The maximum absolute atomic E-state index is 14.1. The molecule has 1 N–H and O–H groups in total. The lowest BCUT2D eigenvalue weighted by molar-refractivity contribution is 0.0992. The van der Waals surface area contributed by atoms with Gasteiger partial charge in [-0.15, -0.1) is 0 Å². The second-order valence-electron chi connectivity index (χ2n) is 8.06. The quantitative estimate of drug-likeness (QED) is 0.165. The summed E-state index contributed by atoms with van der Waals surface area (Å²) in [5.41, 5.74) is -0.924. The summed E-state index contributed by atoms with van der Waals surface area (Å²) in [5, 5.41) is 6.37. The smallest absolute Gasteiger partial charge is 0.291 e. The first kappa shape index (κ1) is 27.6. The third-order valence-corrected chi connectivity index (χ3v) is 5.54. The molecule has 0 radical (unpaired) electrons. The number of rotatable bonds is 7. The van der Waals surface area contributed by atoms with Crippen LogP contribution in [-0.2, 0) is 13.2 Å². The van der Waals surface area contributed by atoms with Crippen LogP contribution in [0.1, 0.15) is 33.3 Å². The Morgan fingerprint density at radius 1 is 0.872 bits per heavy atom. The largest absolute Gasteiger partial charge is 0.479 e. The lowest BCUT2D eigenvalue weighted by atomic mass is 10.1. The molecule has 2 aromatic carbocycles. The van der Waals surface area contributed by atoms with E-state index in [1.165, 1.54) is 19.9 Å². The number of amides is 1. The van der Waals surface area contributed by atoms with E-state index in [1.807, 2.05) is 0 Å². The number of carbonyl (C=O) groups excluding carboxylic acids is 1. The minimum atomic E-state index is -2.31. The van der Waals surface area contributed by atoms with Gasteiger partial charge in [-0.2, -0.15) is 13.9 Å². The Balaban J connectivity index is 1.50. The molecule has 0 atom stereocenters. The number of nitrogens with zero attached hydrogens (tertiary/aromatic N) is 2. The Morgan fingerprint density at radius 2 is 1.44 bits per heavy atom. The topological polar surface area (TPSA) is 69.3 Å². The van der Waals surface area contributed by atoms with E-state index in [2.05, 4.69) is 10.4 Å². The van der Waals surface area contributed by atoms with Crippen molar-refractivity contribution in [3.05, 3.63) is 99.0 Å². The van der Waals surface area contributed by atoms with Gasteiger partial charge in [0.25, 0.3) is 5.91 Å². The predicted octanol–water partition coefficient (Wildman–Crippen LogP) is 6.22. The number of hydrogen-bond acceptors (Lipinski definition) is 4. The molecule has 15 heteroatoms. The van der Waals surface area contributed by atoms with Crippen molar-refractivity contribution in [2.75, 3.05) is 5.32 Å². The molecular formula is C24H14F9N3O3. The Hall–Kier alpha value is -4.43. The summed E-state index contributed by atoms with van der Waals surface area (Å²) in [7, 11) is 0. The van der Waals surface area contributed by atoms with Crippen molar-refractivity contribution in [3.63, 3.8) is 0 Å². The highest BCUT2D eigenvalue weighted by Crippen LogP contribution is 2.29. The fourth-order valence-corrected chi connectivity index (χ4v) is 3.54. The van der Waals surface area contributed by atoms with Gasteiger partial charge in [0.2, 0.25) is 17.5 Å². The summed E-state index contributed by atoms with van der Waals surface area (Å²) in [6.45, 7) is 1.16. The number of aromatic nitrogens is 2. The lowest BCUT2D eigenvalue weighted by Crippen LogP contribution is -2.14. The van der Waals surface area contributed by atoms with Gasteiger partial charge >= 0.3 is 0 Å². The summed E-state index contributed by atoms with van der Waals surface area (Å²) in [6.07, 6.45) is 0. The average Bonchev–Trinajstić information content (AvgIpc) is 3.48. The van der Waals surface area contributed by atoms with Crippen LogP contribution < -0.4 is 10.1 Å². The molecule has 0 aliphatic rings. The Bertz CT molecular complexity index is 1560. The zero-order valence-corrected chi connectivity index (χ0v) is 19.7. The number of benzene rings is 2. The van der Waals surface area contributed by atoms with Crippen molar-refractivity contribution in [1.82, 2.24) is 9.78 Å². The van der Waals surface area contributed by atoms with Gasteiger partial charge in [0, 0.05) is 6.07 Å². The number of ether oxygens (including phenoxy) is 1. The molecule has 0 saturated carbocycles. The first-order valence-corrected chi connectivity index (χ1v) is 10.7. The maximum atomic E-state index is 14.1. The molecule has 1 amide bonds. The Labute approximate surface area is 212 Å². The number of nitrogens with one attached hydrogen (secondary N) is 1. The number of halogens is 9. The van der Waals surface area contributed by atoms with E-state index < -0.39 is 82.7 Å². The average molecular weight is 563 g/mol. The monoisotopic (exact) mass is 563 g/mol.